The molecular weight excluding hydrogens is 236 g/mol. The third-order valence-electron chi connectivity index (χ3n) is 2.10. The number of aryl methyl sites for hydroxylation is 1. The Morgan fingerprint density at radius 2 is 2.47 bits per heavy atom. The molecule has 0 saturated heterocycles. The van der Waals surface area contributed by atoms with E-state index in [1.165, 1.54) is 18.3 Å². The van der Waals surface area contributed by atoms with E-state index in [1.807, 2.05) is 25.3 Å². The van der Waals surface area contributed by atoms with Crippen molar-refractivity contribution in [2.24, 2.45) is 5.10 Å². The molecule has 0 unspecified atom stereocenters. The summed E-state index contributed by atoms with van der Waals surface area (Å²) in [6.07, 6.45) is 3.48. The second kappa shape index (κ2) is 4.92. The fourth-order valence-electron chi connectivity index (χ4n) is 1.35. The van der Waals surface area contributed by atoms with Crippen LogP contribution in [-0.2, 0) is 0 Å². The highest BCUT2D eigenvalue weighted by atomic mass is 32.1. The number of carbonyl (C=O) groups excluding carboxylic acids is 1. The van der Waals surface area contributed by atoms with Gasteiger partial charge in [0.2, 0.25) is 5.13 Å². The Kier molecular flexibility index (Phi) is 3.34. The minimum Gasteiger partial charge on any atom is -0.360 e. The number of hydrogen-bond acceptors (Lipinski definition) is 5. The molecule has 0 aliphatic rings. The Bertz CT molecular complexity index is 542. The van der Waals surface area contributed by atoms with Gasteiger partial charge in [-0.1, -0.05) is 11.3 Å². The summed E-state index contributed by atoms with van der Waals surface area (Å²) in [5.74, 6) is 0.0291. The van der Waals surface area contributed by atoms with Gasteiger partial charge in [-0.05, 0) is 19.1 Å². The van der Waals surface area contributed by atoms with Crippen LogP contribution in [0, 0.1) is 6.92 Å². The van der Waals surface area contributed by atoms with Gasteiger partial charge in [0, 0.05) is 13.1 Å². The van der Waals surface area contributed by atoms with Crippen LogP contribution in [0.25, 0.3) is 0 Å². The summed E-state index contributed by atoms with van der Waals surface area (Å²) in [6, 6.07) is 3.79. The second-order valence-corrected chi connectivity index (χ2v) is 4.48. The average molecular weight is 248 g/mol. The lowest BCUT2D eigenvalue weighted by atomic mass is 10.3. The van der Waals surface area contributed by atoms with E-state index in [0.717, 1.165) is 11.4 Å². The number of nitrogens with zero attached hydrogens (tertiary/aromatic N) is 2. The van der Waals surface area contributed by atoms with Crippen LogP contribution < -0.4 is 5.43 Å². The monoisotopic (exact) mass is 248 g/mol. The molecule has 2 heterocycles. The highest BCUT2D eigenvalue weighted by Gasteiger charge is 2.10. The van der Waals surface area contributed by atoms with Crippen molar-refractivity contribution >= 4 is 28.5 Å². The Labute approximate surface area is 103 Å². The summed E-state index contributed by atoms with van der Waals surface area (Å²) >= 11 is 1.31. The van der Waals surface area contributed by atoms with Crippen LogP contribution in [0.2, 0.25) is 0 Å². The molecule has 88 valence electrons. The zero-order valence-corrected chi connectivity index (χ0v) is 10.3. The van der Waals surface area contributed by atoms with Gasteiger partial charge in [-0.25, -0.2) is 4.98 Å². The molecule has 0 aromatic carbocycles. The molecule has 2 rings (SSSR count). The lowest BCUT2D eigenvalue weighted by Crippen LogP contribution is -1.90. The molecule has 0 aliphatic carbocycles. The lowest BCUT2D eigenvalue weighted by molar-refractivity contribution is 0.102. The number of anilines is 1. The van der Waals surface area contributed by atoms with Gasteiger partial charge < -0.3 is 4.98 Å². The molecule has 2 aromatic heterocycles. The van der Waals surface area contributed by atoms with Gasteiger partial charge in [0.25, 0.3) is 0 Å². The maximum atomic E-state index is 11.2. The Balaban J connectivity index is 2.05. The topological polar surface area (TPSA) is 70.1 Å². The third kappa shape index (κ3) is 2.79. The zero-order valence-electron chi connectivity index (χ0n) is 9.52. The molecule has 0 saturated carbocycles. The average Bonchev–Trinajstić information content (AvgIpc) is 2.88. The maximum Gasteiger partial charge on any atom is 0.204 e. The van der Waals surface area contributed by atoms with Crippen molar-refractivity contribution in [3.63, 3.8) is 0 Å². The van der Waals surface area contributed by atoms with Crippen LogP contribution in [0.4, 0.5) is 5.13 Å². The van der Waals surface area contributed by atoms with Gasteiger partial charge >= 0.3 is 0 Å². The highest BCUT2D eigenvalue weighted by Crippen LogP contribution is 2.22. The number of hydrazone groups is 1. The largest absolute Gasteiger partial charge is 0.360 e. The molecule has 0 radical (unpaired) electrons. The molecule has 0 bridgehead atoms. The van der Waals surface area contributed by atoms with Crippen LogP contribution in [0.15, 0.2) is 23.4 Å². The minimum absolute atomic E-state index is 0.0291. The molecule has 0 spiro atoms. The van der Waals surface area contributed by atoms with Crippen molar-refractivity contribution in [2.45, 2.75) is 13.8 Å². The SMILES string of the molecule is CC(=O)c1sc(N/N=C/c2ccc[nH]2)nc1C. The summed E-state index contributed by atoms with van der Waals surface area (Å²) in [5, 5.41) is 4.65. The van der Waals surface area contributed by atoms with Gasteiger partial charge in [-0.2, -0.15) is 5.10 Å². The first-order chi connectivity index (χ1) is 8.16. The van der Waals surface area contributed by atoms with E-state index >= 15 is 0 Å². The van der Waals surface area contributed by atoms with Crippen molar-refractivity contribution < 1.29 is 4.79 Å². The maximum absolute atomic E-state index is 11.2. The number of Topliss-reactive ketones (excluding diaryl/α,β-unsaturated/α-hetero) is 1. The fourth-order valence-corrected chi connectivity index (χ4v) is 2.16. The molecule has 6 heteroatoms. The van der Waals surface area contributed by atoms with Crippen molar-refractivity contribution in [3.8, 4) is 0 Å². The number of nitrogens with one attached hydrogen (secondary N) is 2. The smallest absolute Gasteiger partial charge is 0.204 e. The number of rotatable bonds is 4. The van der Waals surface area contributed by atoms with E-state index in [9.17, 15) is 4.79 Å². The summed E-state index contributed by atoms with van der Waals surface area (Å²) < 4.78 is 0. The highest BCUT2D eigenvalue weighted by molar-refractivity contribution is 7.17. The van der Waals surface area contributed by atoms with Crippen molar-refractivity contribution in [1.82, 2.24) is 9.97 Å². The van der Waals surface area contributed by atoms with Crippen molar-refractivity contribution in [3.05, 3.63) is 34.6 Å². The molecule has 0 aliphatic heterocycles. The van der Waals surface area contributed by atoms with E-state index in [1.54, 1.807) is 6.21 Å². The van der Waals surface area contributed by atoms with Crippen molar-refractivity contribution in [1.29, 1.82) is 0 Å². The zero-order chi connectivity index (χ0) is 12.3. The fraction of sp³-hybridized carbons (Fsp3) is 0.182. The molecular formula is C11H12N4OS. The molecule has 5 nitrogen and oxygen atoms in total. The summed E-state index contributed by atoms with van der Waals surface area (Å²) in [5.41, 5.74) is 4.44. The first-order valence-corrected chi connectivity index (χ1v) is 5.89. The normalized spacial score (nSPS) is 10.9. The number of hydrogen-bond donors (Lipinski definition) is 2. The predicted octanol–water partition coefficient (Wildman–Crippen LogP) is 2.43. The Morgan fingerprint density at radius 1 is 1.65 bits per heavy atom. The first kappa shape index (κ1) is 11.5. The van der Waals surface area contributed by atoms with Gasteiger partial charge in [0.15, 0.2) is 5.78 Å². The molecule has 2 N–H and O–H groups in total. The van der Waals surface area contributed by atoms with Crippen LogP contribution in [0.1, 0.15) is 28.0 Å². The van der Waals surface area contributed by atoms with E-state index in [2.05, 4.69) is 20.5 Å². The van der Waals surface area contributed by atoms with Crippen LogP contribution in [0.5, 0.6) is 0 Å². The molecule has 0 atom stereocenters. The number of ketones is 1. The third-order valence-corrected chi connectivity index (χ3v) is 3.27. The summed E-state index contributed by atoms with van der Waals surface area (Å²) in [7, 11) is 0. The number of H-pyrrole nitrogens is 1. The van der Waals surface area contributed by atoms with E-state index in [0.29, 0.717) is 10.0 Å². The second-order valence-electron chi connectivity index (χ2n) is 3.49. The van der Waals surface area contributed by atoms with Gasteiger partial charge in [-0.15, -0.1) is 0 Å². The van der Waals surface area contributed by atoms with E-state index in [4.69, 9.17) is 0 Å². The van der Waals surface area contributed by atoms with Crippen LogP contribution in [0.3, 0.4) is 0 Å². The van der Waals surface area contributed by atoms with Gasteiger partial charge in [0.05, 0.1) is 22.5 Å². The van der Waals surface area contributed by atoms with E-state index < -0.39 is 0 Å². The van der Waals surface area contributed by atoms with E-state index in [-0.39, 0.29) is 5.78 Å². The molecule has 17 heavy (non-hydrogen) atoms. The molecule has 2 aromatic rings. The summed E-state index contributed by atoms with van der Waals surface area (Å²) in [6.45, 7) is 3.35. The lowest BCUT2D eigenvalue weighted by Gasteiger charge is -1.91. The predicted molar refractivity (Wildman–Crippen MR) is 68.9 cm³/mol. The number of thiazole rings is 1. The molecule has 0 amide bonds. The quantitative estimate of drug-likeness (QED) is 0.496. The van der Waals surface area contributed by atoms with Gasteiger partial charge in [-0.3, -0.25) is 10.2 Å². The number of carbonyl (C=O) groups is 1. The van der Waals surface area contributed by atoms with Crippen LogP contribution >= 0.6 is 11.3 Å². The number of aromatic nitrogens is 2. The van der Waals surface area contributed by atoms with Crippen molar-refractivity contribution in [2.75, 3.05) is 5.43 Å². The Hall–Kier alpha value is -1.95. The van der Waals surface area contributed by atoms with Gasteiger partial charge in [0.1, 0.15) is 0 Å². The van der Waals surface area contributed by atoms with Crippen LogP contribution in [-0.4, -0.2) is 22.0 Å². The number of aromatic amines is 1. The molecule has 0 fully saturated rings. The standard InChI is InChI=1S/C11H12N4OS/c1-7-10(8(2)16)17-11(14-7)15-13-6-9-4-3-5-12-9/h3-6,12H,1-2H3,(H,14,15)/b13-6+. The first-order valence-electron chi connectivity index (χ1n) is 5.07. The summed E-state index contributed by atoms with van der Waals surface area (Å²) in [4.78, 5) is 19.1. The Morgan fingerprint density at radius 3 is 3.06 bits per heavy atom. The minimum atomic E-state index is 0.0291.